The number of hydrogen-bond acceptors (Lipinski definition) is 8. The average molecular weight is 409 g/mol. The summed E-state index contributed by atoms with van der Waals surface area (Å²) in [5.74, 6) is 1.08. The van der Waals surface area contributed by atoms with Gasteiger partial charge in [-0.05, 0) is 25.3 Å². The molecule has 0 atom stereocenters. The van der Waals surface area contributed by atoms with Crippen LogP contribution in [0.5, 0.6) is 0 Å². The average Bonchev–Trinajstić information content (AvgIpc) is 3.31. The number of aromatic nitrogens is 6. The zero-order valence-electron chi connectivity index (χ0n) is 16.2. The van der Waals surface area contributed by atoms with Crippen molar-refractivity contribution in [2.24, 2.45) is 7.05 Å². The van der Waals surface area contributed by atoms with E-state index < -0.39 is 5.97 Å². The zero-order valence-corrected chi connectivity index (χ0v) is 17.0. The van der Waals surface area contributed by atoms with Gasteiger partial charge in [0.2, 0.25) is 5.95 Å². The van der Waals surface area contributed by atoms with E-state index in [2.05, 4.69) is 20.3 Å². The number of anilines is 2. The highest BCUT2D eigenvalue weighted by Crippen LogP contribution is 2.29. The molecule has 0 saturated carbocycles. The highest BCUT2D eigenvalue weighted by atomic mass is 32.2. The number of thioether (sulfide) groups is 1. The standard InChI is InChI=1S/C19H19N7O2S/c1-4-28-17(27)13-11-21-18(29-3)23-15(13)22-16-12-7-5-6-8-14(12)26(24-16)19-20-9-10-25(19)2/h5-11H,4H2,1-3H3,(H,21,22,23,24). The van der Waals surface area contributed by atoms with E-state index in [1.165, 1.54) is 18.0 Å². The summed E-state index contributed by atoms with van der Waals surface area (Å²) in [5, 5.41) is 9.30. The molecular formula is C19H19N7O2S. The maximum Gasteiger partial charge on any atom is 0.343 e. The van der Waals surface area contributed by atoms with Crippen molar-refractivity contribution < 1.29 is 9.53 Å². The van der Waals surface area contributed by atoms with Crippen molar-refractivity contribution in [3.8, 4) is 5.95 Å². The van der Waals surface area contributed by atoms with Gasteiger partial charge in [0.1, 0.15) is 5.56 Å². The van der Waals surface area contributed by atoms with Gasteiger partial charge in [0.05, 0.1) is 12.1 Å². The Bertz CT molecular complexity index is 1180. The molecule has 0 aliphatic carbocycles. The summed E-state index contributed by atoms with van der Waals surface area (Å²) in [7, 11) is 1.90. The molecule has 0 bridgehead atoms. The van der Waals surface area contributed by atoms with Crippen LogP contribution in [0.4, 0.5) is 11.6 Å². The molecule has 0 saturated heterocycles. The minimum atomic E-state index is -0.490. The topological polar surface area (TPSA) is 99.8 Å². The van der Waals surface area contributed by atoms with Crippen molar-refractivity contribution in [2.45, 2.75) is 12.1 Å². The first-order chi connectivity index (χ1) is 14.1. The van der Waals surface area contributed by atoms with Gasteiger partial charge in [-0.25, -0.2) is 19.7 Å². The monoisotopic (exact) mass is 409 g/mol. The van der Waals surface area contributed by atoms with E-state index >= 15 is 0 Å². The lowest BCUT2D eigenvalue weighted by Gasteiger charge is -2.09. The lowest BCUT2D eigenvalue weighted by molar-refractivity contribution is 0.0526. The Kier molecular flexibility index (Phi) is 5.17. The fourth-order valence-corrected chi connectivity index (χ4v) is 3.24. The predicted octanol–water partition coefficient (Wildman–Crippen LogP) is 3.19. The van der Waals surface area contributed by atoms with E-state index in [1.807, 2.05) is 48.3 Å². The van der Waals surface area contributed by atoms with Gasteiger partial charge in [-0.3, -0.25) is 0 Å². The van der Waals surface area contributed by atoms with Gasteiger partial charge in [-0.1, -0.05) is 23.9 Å². The summed E-state index contributed by atoms with van der Waals surface area (Å²) in [6.07, 6.45) is 6.91. The molecule has 4 aromatic rings. The van der Waals surface area contributed by atoms with E-state index in [9.17, 15) is 4.79 Å². The van der Waals surface area contributed by atoms with Crippen molar-refractivity contribution in [2.75, 3.05) is 18.2 Å². The molecule has 9 nitrogen and oxygen atoms in total. The Balaban J connectivity index is 1.83. The lowest BCUT2D eigenvalue weighted by Crippen LogP contribution is -2.11. The highest BCUT2D eigenvalue weighted by Gasteiger charge is 2.20. The van der Waals surface area contributed by atoms with Gasteiger partial charge in [0.15, 0.2) is 16.8 Å². The number of ether oxygens (including phenoxy) is 1. The van der Waals surface area contributed by atoms with Gasteiger partial charge in [-0.15, -0.1) is 5.10 Å². The van der Waals surface area contributed by atoms with Gasteiger partial charge in [0.25, 0.3) is 0 Å². The van der Waals surface area contributed by atoms with Crippen LogP contribution in [0, 0.1) is 0 Å². The Labute approximate surface area is 171 Å². The lowest BCUT2D eigenvalue weighted by atomic mass is 10.2. The van der Waals surface area contributed by atoms with Gasteiger partial charge >= 0.3 is 5.97 Å². The number of carbonyl (C=O) groups is 1. The van der Waals surface area contributed by atoms with Crippen LogP contribution >= 0.6 is 11.8 Å². The third-order valence-corrected chi connectivity index (χ3v) is 4.82. The molecule has 29 heavy (non-hydrogen) atoms. The Hall–Kier alpha value is -3.40. The van der Waals surface area contributed by atoms with Gasteiger partial charge < -0.3 is 14.6 Å². The van der Waals surface area contributed by atoms with Crippen LogP contribution in [0.15, 0.2) is 48.0 Å². The first-order valence-corrected chi connectivity index (χ1v) is 10.2. The minimum Gasteiger partial charge on any atom is -0.462 e. The van der Waals surface area contributed by atoms with E-state index in [1.54, 1.807) is 17.8 Å². The van der Waals surface area contributed by atoms with Crippen LogP contribution in [-0.4, -0.2) is 48.1 Å². The van der Waals surface area contributed by atoms with Crippen LogP contribution in [0.25, 0.3) is 16.9 Å². The van der Waals surface area contributed by atoms with Crippen LogP contribution < -0.4 is 5.32 Å². The number of nitrogens with zero attached hydrogens (tertiary/aromatic N) is 6. The van der Waals surface area contributed by atoms with E-state index in [4.69, 9.17) is 9.84 Å². The van der Waals surface area contributed by atoms with Crippen molar-refractivity contribution >= 4 is 40.3 Å². The Morgan fingerprint density at radius 3 is 2.79 bits per heavy atom. The molecule has 148 valence electrons. The first kappa shape index (κ1) is 18.9. The number of esters is 1. The summed E-state index contributed by atoms with van der Waals surface area (Å²) >= 11 is 1.38. The molecule has 0 amide bonds. The van der Waals surface area contributed by atoms with Gasteiger partial charge in [-0.2, -0.15) is 4.68 Å². The summed E-state index contributed by atoms with van der Waals surface area (Å²) in [6.45, 7) is 2.02. The van der Waals surface area contributed by atoms with Crippen LogP contribution in [0.1, 0.15) is 17.3 Å². The number of hydrogen-bond donors (Lipinski definition) is 1. The van der Waals surface area contributed by atoms with Crippen LogP contribution in [0.2, 0.25) is 0 Å². The van der Waals surface area contributed by atoms with Crippen molar-refractivity contribution in [3.63, 3.8) is 0 Å². The summed E-state index contributed by atoms with van der Waals surface area (Å²) in [4.78, 5) is 25.4. The molecule has 3 heterocycles. The van der Waals surface area contributed by atoms with Crippen molar-refractivity contribution in [1.29, 1.82) is 0 Å². The molecule has 1 N–H and O–H groups in total. The first-order valence-electron chi connectivity index (χ1n) is 8.93. The Morgan fingerprint density at radius 2 is 2.07 bits per heavy atom. The van der Waals surface area contributed by atoms with E-state index in [0.29, 0.717) is 22.7 Å². The second kappa shape index (κ2) is 7.92. The predicted molar refractivity (Wildman–Crippen MR) is 111 cm³/mol. The largest absolute Gasteiger partial charge is 0.462 e. The maximum absolute atomic E-state index is 12.4. The minimum absolute atomic E-state index is 0.250. The van der Waals surface area contributed by atoms with E-state index in [0.717, 1.165) is 10.9 Å². The molecule has 4 rings (SSSR count). The zero-order chi connectivity index (χ0) is 20.4. The summed E-state index contributed by atoms with van der Waals surface area (Å²) in [5.41, 5.74) is 1.13. The number of rotatable bonds is 6. The Morgan fingerprint density at radius 1 is 1.24 bits per heavy atom. The number of nitrogens with one attached hydrogen (secondary N) is 1. The second-order valence-corrected chi connectivity index (χ2v) is 6.85. The normalized spacial score (nSPS) is 11.0. The van der Waals surface area contributed by atoms with Crippen LogP contribution in [0.3, 0.4) is 0 Å². The third-order valence-electron chi connectivity index (χ3n) is 4.25. The summed E-state index contributed by atoms with van der Waals surface area (Å²) < 4.78 is 8.77. The number of fused-ring (bicyclic) bond motifs is 1. The molecule has 1 aromatic carbocycles. The summed E-state index contributed by atoms with van der Waals surface area (Å²) in [6, 6.07) is 7.78. The second-order valence-electron chi connectivity index (χ2n) is 6.08. The van der Waals surface area contributed by atoms with Gasteiger partial charge in [0, 0.05) is 31.0 Å². The molecule has 10 heteroatoms. The molecule has 0 unspecified atom stereocenters. The fraction of sp³-hybridized carbons (Fsp3) is 0.211. The molecule has 0 radical (unpaired) electrons. The molecule has 0 aliphatic rings. The molecular weight excluding hydrogens is 390 g/mol. The number of benzene rings is 1. The molecule has 0 spiro atoms. The van der Waals surface area contributed by atoms with Crippen LogP contribution in [-0.2, 0) is 11.8 Å². The number of aryl methyl sites for hydroxylation is 1. The number of carbonyl (C=O) groups excluding carboxylic acids is 1. The van der Waals surface area contributed by atoms with E-state index in [-0.39, 0.29) is 12.2 Å². The maximum atomic E-state index is 12.4. The number of imidazole rings is 1. The SMILES string of the molecule is CCOC(=O)c1cnc(SC)nc1Nc1nn(-c2nccn2C)c2ccccc12. The smallest absolute Gasteiger partial charge is 0.343 e. The number of para-hydroxylation sites is 1. The molecule has 0 fully saturated rings. The van der Waals surface area contributed by atoms with Crippen molar-refractivity contribution in [1.82, 2.24) is 29.3 Å². The fourth-order valence-electron chi connectivity index (χ4n) is 2.90. The van der Waals surface area contributed by atoms with Crippen molar-refractivity contribution in [3.05, 3.63) is 48.4 Å². The third kappa shape index (κ3) is 3.54. The molecule has 3 aromatic heterocycles. The highest BCUT2D eigenvalue weighted by molar-refractivity contribution is 7.98. The quantitative estimate of drug-likeness (QED) is 0.294. The molecule has 0 aliphatic heterocycles.